The van der Waals surface area contributed by atoms with Gasteiger partial charge in [-0.05, 0) is 0 Å². The standard InChI is InChI=1S/C10H14N5O6P/c11-9-8-10(13-3-12-9)15(4-14-8)7-1-5(16)6(21-7)2-20-22(17,18)19/h3-7,16H,1-2H2,(H2,11,12,13)(H2,17,18,19)/t5-,6+,7+/m0/s1/i1+1,2+1,3+1,4+1,5+1,6+1,7+1,8+1,9+1,10+1,11+1,12+1,13+1,14+1,15+1. The number of anilines is 1. The van der Waals surface area contributed by atoms with E-state index in [0.717, 1.165) is 0 Å². The summed E-state index contributed by atoms with van der Waals surface area (Å²) in [7, 11) is -4.62. The largest absolute Gasteiger partial charge is 0.469 e. The highest BCUT2D eigenvalue weighted by atomic mass is 31.2. The Morgan fingerprint density at radius 3 is 2.95 bits per heavy atom. The van der Waals surface area contributed by atoms with E-state index in [4.69, 9.17) is 20.3 Å². The minimum Gasteiger partial charge on any atom is -0.390 e. The number of rotatable bonds is 4. The number of aliphatic hydroxyl groups is 1. The molecule has 1 aliphatic heterocycles. The van der Waals surface area contributed by atoms with Crippen LogP contribution in [0.2, 0.25) is 0 Å². The smallest absolute Gasteiger partial charge is 0.390 e. The number of nitrogens with two attached hydrogens (primary N) is 1. The maximum Gasteiger partial charge on any atom is 0.469 e. The Morgan fingerprint density at radius 2 is 2.23 bits per heavy atom. The molecule has 22 heavy (non-hydrogen) atoms. The average molecular weight is 346 g/mol. The Bertz CT molecular complexity index is 732. The first kappa shape index (κ1) is 15.3. The van der Waals surface area contributed by atoms with E-state index in [-0.39, 0.29) is 12.2 Å². The summed E-state index contributed by atoms with van der Waals surface area (Å²) in [6, 6.07) is 0. The van der Waals surface area contributed by atoms with Crippen LogP contribution in [0.3, 0.4) is 0 Å². The van der Waals surface area contributed by atoms with Gasteiger partial charge in [0.25, 0.3) is 0 Å². The van der Waals surface area contributed by atoms with Gasteiger partial charge in [-0.2, -0.15) is 0 Å². The molecule has 11 nitrogen and oxygen atoms in total. The van der Waals surface area contributed by atoms with Gasteiger partial charge in [-0.3, -0.25) is 9.09 Å². The molecule has 1 aliphatic rings. The lowest BCUT2D eigenvalue weighted by Crippen LogP contribution is -2.25. The van der Waals surface area contributed by atoms with Gasteiger partial charge in [-0.15, -0.1) is 0 Å². The first-order valence-electron chi connectivity index (χ1n) is 6.32. The second kappa shape index (κ2) is 5.54. The zero-order valence-electron chi connectivity index (χ0n) is 11.2. The monoisotopic (exact) mass is 346 g/mol. The third-order valence-corrected chi connectivity index (χ3v) is 3.79. The van der Waals surface area contributed by atoms with Gasteiger partial charge in [0.1, 0.15) is 24.2 Å². The fourth-order valence-electron chi connectivity index (χ4n) is 2.29. The molecule has 120 valence electrons. The van der Waals surface area contributed by atoms with Crippen LogP contribution < -0.4 is 5.73 Å². The van der Waals surface area contributed by atoms with E-state index < -0.39 is 32.9 Å². The van der Waals surface area contributed by atoms with E-state index in [2.05, 4.69) is 19.5 Å². The fraction of sp³-hybridized carbons (Fsp3) is 0.500. The molecule has 0 radical (unpaired) electrons. The Morgan fingerprint density at radius 1 is 1.45 bits per heavy atom. The highest BCUT2D eigenvalue weighted by Gasteiger charge is 2.37. The zero-order valence-corrected chi connectivity index (χ0v) is 12.1. The number of phosphoric acid groups is 1. The van der Waals surface area contributed by atoms with Crippen LogP contribution in [0.25, 0.3) is 11.2 Å². The molecule has 2 aromatic rings. The number of fused-ring (bicyclic) bond motifs is 1. The topological polar surface area (TPSA) is 166 Å². The lowest BCUT2D eigenvalue weighted by Gasteiger charge is -2.16. The third-order valence-electron chi connectivity index (χ3n) is 3.31. The summed E-state index contributed by atoms with van der Waals surface area (Å²) in [5, 5.41) is 9.93. The number of hydrogen-bond acceptors (Lipinski definition) is 8. The molecule has 0 bridgehead atoms. The van der Waals surface area contributed by atoms with Crippen molar-refractivity contribution in [1.82, 2.24) is 19.5 Å². The second-order valence-electron chi connectivity index (χ2n) is 4.80. The number of imidazole rings is 1. The number of nitrogen functional groups attached to an aromatic ring is 1. The van der Waals surface area contributed by atoms with Crippen LogP contribution in [0.15, 0.2) is 12.7 Å². The van der Waals surface area contributed by atoms with Crippen LogP contribution in [0.4, 0.5) is 5.82 Å². The van der Waals surface area contributed by atoms with Gasteiger partial charge >= 0.3 is 7.82 Å². The van der Waals surface area contributed by atoms with Gasteiger partial charge in [-0.1, -0.05) is 0 Å². The summed E-state index contributed by atoms with van der Waals surface area (Å²) >= 11 is 0. The number of hydrogen-bond donors (Lipinski definition) is 4. The lowest BCUT2D eigenvalue weighted by molar-refractivity contribution is -0.0424. The second-order valence-corrected chi connectivity index (χ2v) is 6.04. The van der Waals surface area contributed by atoms with Crippen molar-refractivity contribution in [1.29, 1.82) is 0 Å². The van der Waals surface area contributed by atoms with Gasteiger partial charge in [-0.25, -0.2) is 19.5 Å². The summed E-state index contributed by atoms with van der Waals surface area (Å²) in [5.74, 6) is 0.226. The van der Waals surface area contributed by atoms with E-state index in [9.17, 15) is 9.67 Å². The molecule has 0 saturated carbocycles. The van der Waals surface area contributed by atoms with E-state index in [0.29, 0.717) is 11.2 Å². The van der Waals surface area contributed by atoms with Crippen LogP contribution in [-0.2, 0) is 13.8 Å². The number of aromatic nitrogens is 4. The van der Waals surface area contributed by atoms with Gasteiger partial charge < -0.3 is 25.4 Å². The molecule has 0 aromatic carbocycles. The zero-order chi connectivity index (χ0) is 15.9. The normalized spacial score (nSPS) is 25.9. The minimum absolute atomic E-state index is 0.199. The average Bonchev–Trinajstić information content (AvgIpc) is 3.00. The summed E-state index contributed by atoms with van der Waals surface area (Å²) in [5.41, 5.74) is 6.55. The molecule has 0 aliphatic carbocycles. The van der Waals surface area contributed by atoms with Crippen molar-refractivity contribution >= 4 is 24.8 Å². The highest BCUT2D eigenvalue weighted by molar-refractivity contribution is 7.46. The summed E-state index contributed by atoms with van der Waals surface area (Å²) in [6.07, 6.45) is 0.543. The van der Waals surface area contributed by atoms with Crippen molar-refractivity contribution in [2.24, 2.45) is 0 Å². The molecule has 1 saturated heterocycles. The maximum absolute atomic E-state index is 10.7. The van der Waals surface area contributed by atoms with Crippen LogP contribution in [0.1, 0.15) is 12.6 Å². The predicted molar refractivity (Wildman–Crippen MR) is 72.3 cm³/mol. The molecule has 12 heteroatoms. The molecule has 3 heterocycles. The number of aliphatic hydroxyl groups excluding tert-OH is 1. The molecule has 2 aromatic heterocycles. The molecule has 1 fully saturated rings. The predicted octanol–water partition coefficient (Wildman–Crippen LogP) is -0.834. The molecular formula is C10H14N5O6P. The third kappa shape index (κ3) is 2.95. The van der Waals surface area contributed by atoms with Crippen molar-refractivity contribution < 1.29 is 28.7 Å². The van der Waals surface area contributed by atoms with Crippen molar-refractivity contribution in [3.05, 3.63) is 12.7 Å². The number of nitrogens with zero attached hydrogens (tertiary/aromatic N) is 4. The summed E-state index contributed by atoms with van der Waals surface area (Å²) < 4.78 is 22.2. The number of phosphoric ester groups is 1. The molecule has 0 unspecified atom stereocenters. The number of ether oxygens (including phenoxy) is 1. The first-order chi connectivity index (χ1) is 10.3. The molecule has 5 N–H and O–H groups in total. The first-order valence-corrected chi connectivity index (χ1v) is 7.85. The van der Waals surface area contributed by atoms with Crippen molar-refractivity contribution in [2.45, 2.75) is 24.9 Å². The quantitative estimate of drug-likeness (QED) is 0.312. The van der Waals surface area contributed by atoms with E-state index in [1.54, 1.807) is 4.57 Å². The van der Waals surface area contributed by atoms with Crippen LogP contribution in [0, 0.1) is 0 Å². The Kier molecular flexibility index (Phi) is 3.85. The fourth-order valence-corrected chi connectivity index (χ4v) is 2.63. The molecule has 0 amide bonds. The van der Waals surface area contributed by atoms with E-state index >= 15 is 0 Å². The van der Waals surface area contributed by atoms with Crippen LogP contribution >= 0.6 is 7.82 Å². The summed E-state index contributed by atoms with van der Waals surface area (Å²) in [4.78, 5) is 29.4. The Hall–Kier alpha value is -1.62. The van der Waals surface area contributed by atoms with E-state index in [1.165, 1.54) is 12.7 Å². The van der Waals surface area contributed by atoms with Crippen LogP contribution in [-0.4, -0.2) is 53.2 Å². The Balaban J connectivity index is 1.78. The van der Waals surface area contributed by atoms with Gasteiger partial charge in [0.15, 0.2) is 11.5 Å². The van der Waals surface area contributed by atoms with E-state index in [1.807, 2.05) is 0 Å². The lowest BCUT2D eigenvalue weighted by atomic mass is 11.1. The molecule has 3 rings (SSSR count). The molecule has 0 spiro atoms. The van der Waals surface area contributed by atoms with Gasteiger partial charge in [0.05, 0.1) is 19.0 Å². The Labute approximate surface area is 124 Å². The SMILES string of the molecule is [15NH2][13c]1[15n][13cH][15n][13c]2[13c]1[15n][13cH][15n]2[13C@H]1[13CH2][13C@H](O)[13C@@H]([13CH2]OP(=O)(O)O)O1. The highest BCUT2D eigenvalue weighted by Crippen LogP contribution is 2.38. The van der Waals surface area contributed by atoms with Crippen molar-refractivity contribution in [2.75, 3.05) is 12.3 Å². The molecular weight excluding hydrogens is 332 g/mol. The minimum atomic E-state index is -4.62. The van der Waals surface area contributed by atoms with Gasteiger partial charge in [0.2, 0.25) is 0 Å². The van der Waals surface area contributed by atoms with Crippen molar-refractivity contribution in [3.8, 4) is 0 Å². The maximum atomic E-state index is 10.7. The van der Waals surface area contributed by atoms with Gasteiger partial charge in [0, 0.05) is 6.42 Å². The molecule has 3 atom stereocenters. The van der Waals surface area contributed by atoms with Crippen molar-refractivity contribution in [3.63, 3.8) is 0 Å². The van der Waals surface area contributed by atoms with Crippen LogP contribution in [0.5, 0.6) is 0 Å². The summed E-state index contributed by atoms with van der Waals surface area (Å²) in [6.45, 7) is -0.425.